The van der Waals surface area contributed by atoms with Crippen LogP contribution in [0.4, 0.5) is 0 Å². The van der Waals surface area contributed by atoms with Gasteiger partial charge in [-0.25, -0.2) is 4.98 Å². The van der Waals surface area contributed by atoms with Crippen LogP contribution in [0.15, 0.2) is 57.7 Å². The van der Waals surface area contributed by atoms with Crippen molar-refractivity contribution in [2.24, 2.45) is 0 Å². The van der Waals surface area contributed by atoms with E-state index in [0.717, 1.165) is 6.42 Å². The maximum Gasteiger partial charge on any atom is 0.259 e. The third-order valence-corrected chi connectivity index (χ3v) is 6.08. The Morgan fingerprint density at radius 3 is 2.33 bits per heavy atom. The third-order valence-electron chi connectivity index (χ3n) is 6.08. The zero-order chi connectivity index (χ0) is 22.9. The molecule has 1 aromatic carbocycles. The van der Waals surface area contributed by atoms with Crippen LogP contribution in [0.1, 0.15) is 38.9 Å². The largest absolute Gasteiger partial charge is 0.463 e. The summed E-state index contributed by atoms with van der Waals surface area (Å²) in [5, 5.41) is 4.60. The number of aryl methyl sites for hydroxylation is 2. The molecule has 8 nitrogen and oxygen atoms in total. The van der Waals surface area contributed by atoms with Gasteiger partial charge >= 0.3 is 0 Å². The van der Waals surface area contributed by atoms with Gasteiger partial charge < -0.3 is 18.7 Å². The van der Waals surface area contributed by atoms with E-state index in [-0.39, 0.29) is 11.8 Å². The summed E-state index contributed by atoms with van der Waals surface area (Å²) >= 11 is 0. The average Bonchev–Trinajstić information content (AvgIpc) is 3.53. The minimum Gasteiger partial charge on any atom is -0.463 e. The van der Waals surface area contributed by atoms with E-state index in [2.05, 4.69) is 17.1 Å². The highest BCUT2D eigenvalue weighted by Gasteiger charge is 2.28. The molecule has 0 radical (unpaired) electrons. The van der Waals surface area contributed by atoms with Crippen molar-refractivity contribution in [3.63, 3.8) is 0 Å². The Balaban J connectivity index is 1.35. The van der Waals surface area contributed by atoms with Crippen molar-refractivity contribution in [3.05, 3.63) is 71.1 Å². The van der Waals surface area contributed by atoms with E-state index in [1.807, 2.05) is 24.3 Å². The molecule has 5 rings (SSSR count). The summed E-state index contributed by atoms with van der Waals surface area (Å²) < 4.78 is 10.8. The summed E-state index contributed by atoms with van der Waals surface area (Å²) in [6.07, 6.45) is 2.49. The molecule has 1 aliphatic heterocycles. The van der Waals surface area contributed by atoms with Crippen molar-refractivity contribution in [2.45, 2.75) is 20.3 Å². The van der Waals surface area contributed by atoms with E-state index in [4.69, 9.17) is 8.94 Å². The molecule has 0 bridgehead atoms. The lowest BCUT2D eigenvalue weighted by molar-refractivity contribution is 0.0536. The Morgan fingerprint density at radius 1 is 1.00 bits per heavy atom. The molecule has 1 fully saturated rings. The first kappa shape index (κ1) is 20.9. The first-order chi connectivity index (χ1) is 16.0. The Kier molecular flexibility index (Phi) is 5.42. The summed E-state index contributed by atoms with van der Waals surface area (Å²) in [6.45, 7) is 5.72. The lowest BCUT2D eigenvalue weighted by Crippen LogP contribution is -2.50. The number of carbonyl (C=O) groups excluding carboxylic acids is 2. The topological polar surface area (TPSA) is 92.7 Å². The van der Waals surface area contributed by atoms with E-state index in [0.29, 0.717) is 65.6 Å². The SMILES string of the molecule is CCc1ccc(C(=O)N2CCN(C(=O)c3cc(-c4ccco4)nc4onc(C)c34)CC2)cc1. The number of pyridine rings is 1. The second-order valence-corrected chi connectivity index (χ2v) is 8.12. The molecule has 0 unspecified atom stereocenters. The minimum absolute atomic E-state index is 0.00830. The molecule has 2 amide bonds. The third kappa shape index (κ3) is 3.88. The summed E-state index contributed by atoms with van der Waals surface area (Å²) in [4.78, 5) is 34.4. The van der Waals surface area contributed by atoms with Gasteiger partial charge in [0.25, 0.3) is 17.5 Å². The molecule has 168 valence electrons. The Labute approximate surface area is 190 Å². The molecule has 0 spiro atoms. The van der Waals surface area contributed by atoms with Crippen molar-refractivity contribution < 1.29 is 18.5 Å². The summed E-state index contributed by atoms with van der Waals surface area (Å²) in [5.41, 5.74) is 3.76. The molecule has 0 N–H and O–H groups in total. The van der Waals surface area contributed by atoms with Crippen molar-refractivity contribution in [2.75, 3.05) is 26.2 Å². The van der Waals surface area contributed by atoms with Crippen LogP contribution in [-0.2, 0) is 6.42 Å². The van der Waals surface area contributed by atoms with Gasteiger partial charge in [-0.1, -0.05) is 24.2 Å². The van der Waals surface area contributed by atoms with Crippen molar-refractivity contribution in [1.82, 2.24) is 19.9 Å². The maximum atomic E-state index is 13.5. The van der Waals surface area contributed by atoms with Gasteiger partial charge in [-0.15, -0.1) is 0 Å². The Morgan fingerprint density at radius 2 is 1.70 bits per heavy atom. The minimum atomic E-state index is -0.138. The van der Waals surface area contributed by atoms with Gasteiger partial charge in [0.15, 0.2) is 5.76 Å². The number of aromatic nitrogens is 2. The molecule has 0 atom stereocenters. The van der Waals surface area contributed by atoms with E-state index in [1.165, 1.54) is 5.56 Å². The fourth-order valence-electron chi connectivity index (χ4n) is 4.16. The molecule has 8 heteroatoms. The van der Waals surface area contributed by atoms with Crippen LogP contribution in [0.25, 0.3) is 22.6 Å². The van der Waals surface area contributed by atoms with E-state index < -0.39 is 0 Å². The molecule has 3 aromatic heterocycles. The number of furan rings is 1. The number of fused-ring (bicyclic) bond motifs is 1. The van der Waals surface area contributed by atoms with Crippen LogP contribution >= 0.6 is 0 Å². The molecular formula is C25H24N4O4. The number of hydrogen-bond donors (Lipinski definition) is 0. The number of benzene rings is 1. The Bertz CT molecular complexity index is 1300. The van der Waals surface area contributed by atoms with Gasteiger partial charge in [0.05, 0.1) is 22.9 Å². The van der Waals surface area contributed by atoms with E-state index >= 15 is 0 Å². The van der Waals surface area contributed by atoms with Crippen molar-refractivity contribution in [1.29, 1.82) is 0 Å². The predicted molar refractivity (Wildman–Crippen MR) is 122 cm³/mol. The standard InChI is InChI=1S/C25H24N4O4/c1-3-17-6-8-18(9-7-17)24(30)28-10-12-29(13-11-28)25(31)19-15-20(21-5-4-14-32-21)26-23-22(19)16(2)27-33-23/h4-9,14-15H,3,10-13H2,1-2H3. The average molecular weight is 444 g/mol. The Hall–Kier alpha value is -3.94. The van der Waals surface area contributed by atoms with Crippen LogP contribution in [-0.4, -0.2) is 57.9 Å². The van der Waals surface area contributed by atoms with Gasteiger partial charge in [0.1, 0.15) is 5.69 Å². The van der Waals surface area contributed by atoms with Crippen LogP contribution in [0.5, 0.6) is 0 Å². The fraction of sp³-hybridized carbons (Fsp3) is 0.280. The van der Waals surface area contributed by atoms with Gasteiger partial charge in [-0.3, -0.25) is 9.59 Å². The number of piperazine rings is 1. The lowest BCUT2D eigenvalue weighted by Gasteiger charge is -2.35. The number of nitrogens with zero attached hydrogens (tertiary/aromatic N) is 4. The molecule has 0 aliphatic carbocycles. The predicted octanol–water partition coefficient (Wildman–Crippen LogP) is 3.95. The highest BCUT2D eigenvalue weighted by atomic mass is 16.5. The molecule has 4 aromatic rings. The summed E-state index contributed by atoms with van der Waals surface area (Å²) in [5.74, 6) is 0.399. The van der Waals surface area contributed by atoms with Crippen LogP contribution in [0.3, 0.4) is 0 Å². The zero-order valence-electron chi connectivity index (χ0n) is 18.6. The number of hydrogen-bond acceptors (Lipinski definition) is 6. The van der Waals surface area contributed by atoms with E-state index in [9.17, 15) is 9.59 Å². The monoisotopic (exact) mass is 444 g/mol. The molecule has 33 heavy (non-hydrogen) atoms. The second kappa shape index (κ2) is 8.54. The van der Waals surface area contributed by atoms with Crippen molar-refractivity contribution >= 4 is 22.9 Å². The molecular weight excluding hydrogens is 420 g/mol. The molecule has 1 aliphatic rings. The summed E-state index contributed by atoms with van der Waals surface area (Å²) in [6, 6.07) is 13.0. The maximum absolute atomic E-state index is 13.5. The quantitative estimate of drug-likeness (QED) is 0.473. The normalized spacial score (nSPS) is 14.1. The van der Waals surface area contributed by atoms with Crippen molar-refractivity contribution in [3.8, 4) is 11.5 Å². The molecule has 4 heterocycles. The van der Waals surface area contributed by atoms with Crippen LogP contribution < -0.4 is 0 Å². The highest BCUT2D eigenvalue weighted by molar-refractivity contribution is 6.07. The van der Waals surface area contributed by atoms with E-state index in [1.54, 1.807) is 41.2 Å². The lowest BCUT2D eigenvalue weighted by atomic mass is 10.1. The molecule has 0 saturated carbocycles. The first-order valence-electron chi connectivity index (χ1n) is 11.0. The summed E-state index contributed by atoms with van der Waals surface area (Å²) in [7, 11) is 0. The number of carbonyl (C=O) groups is 2. The highest BCUT2D eigenvalue weighted by Crippen LogP contribution is 2.28. The van der Waals surface area contributed by atoms with Crippen LogP contribution in [0.2, 0.25) is 0 Å². The fourth-order valence-corrected chi connectivity index (χ4v) is 4.16. The molecule has 1 saturated heterocycles. The van der Waals surface area contributed by atoms with Gasteiger partial charge in [-0.2, -0.15) is 0 Å². The first-order valence-corrected chi connectivity index (χ1v) is 11.0. The van der Waals surface area contributed by atoms with Gasteiger partial charge in [-0.05, 0) is 49.2 Å². The zero-order valence-corrected chi connectivity index (χ0v) is 18.6. The van der Waals surface area contributed by atoms with Gasteiger partial charge in [0, 0.05) is 31.7 Å². The number of amides is 2. The number of rotatable bonds is 4. The second-order valence-electron chi connectivity index (χ2n) is 8.12. The van der Waals surface area contributed by atoms with Crippen LogP contribution in [0, 0.1) is 6.92 Å². The smallest absolute Gasteiger partial charge is 0.259 e. The van der Waals surface area contributed by atoms with Gasteiger partial charge in [0.2, 0.25) is 0 Å².